The quantitative estimate of drug-likeness (QED) is 0.506. The number of carbonyl (C=O) groups is 2. The smallest absolute Gasteiger partial charge is 0.293 e. The number of ether oxygens (including phenoxy) is 1. The maximum Gasteiger partial charge on any atom is 0.293 e. The second-order valence-corrected chi connectivity index (χ2v) is 7.88. The van der Waals surface area contributed by atoms with Gasteiger partial charge in [-0.15, -0.1) is 0 Å². The minimum absolute atomic E-state index is 0.250. The summed E-state index contributed by atoms with van der Waals surface area (Å²) in [4.78, 5) is 27.2. The lowest BCUT2D eigenvalue weighted by Crippen LogP contribution is -2.27. The molecule has 0 unspecified atom stereocenters. The molecule has 0 atom stereocenters. The van der Waals surface area contributed by atoms with Gasteiger partial charge in [-0.1, -0.05) is 60.2 Å². The zero-order valence-corrected chi connectivity index (χ0v) is 17.2. The second-order valence-electron chi connectivity index (χ2n) is 6.88. The fourth-order valence-electron chi connectivity index (χ4n) is 3.35. The van der Waals surface area contributed by atoms with E-state index in [-0.39, 0.29) is 17.7 Å². The summed E-state index contributed by atoms with van der Waals surface area (Å²) in [6, 6.07) is 19.7. The normalized spacial score (nSPS) is 15.5. The van der Waals surface area contributed by atoms with Gasteiger partial charge in [0, 0.05) is 5.56 Å². The fourth-order valence-corrected chi connectivity index (χ4v) is 4.17. The van der Waals surface area contributed by atoms with Gasteiger partial charge in [0.15, 0.2) is 0 Å². The van der Waals surface area contributed by atoms with E-state index in [4.69, 9.17) is 4.74 Å². The van der Waals surface area contributed by atoms with Crippen molar-refractivity contribution in [3.8, 4) is 5.75 Å². The second kappa shape index (κ2) is 8.13. The van der Waals surface area contributed by atoms with Crippen LogP contribution in [0.25, 0.3) is 16.8 Å². The van der Waals surface area contributed by atoms with Crippen LogP contribution >= 0.6 is 11.8 Å². The van der Waals surface area contributed by atoms with Crippen LogP contribution in [-0.4, -0.2) is 22.7 Å². The minimum Gasteiger partial charge on any atom is -0.493 e. The maximum atomic E-state index is 13.0. The van der Waals surface area contributed by atoms with Crippen LogP contribution in [0.3, 0.4) is 0 Å². The van der Waals surface area contributed by atoms with Crippen LogP contribution < -0.4 is 4.74 Å². The molecule has 3 aromatic carbocycles. The van der Waals surface area contributed by atoms with Crippen molar-refractivity contribution in [1.82, 2.24) is 4.90 Å². The van der Waals surface area contributed by atoms with E-state index in [2.05, 4.69) is 0 Å². The molecule has 0 aliphatic carbocycles. The summed E-state index contributed by atoms with van der Waals surface area (Å²) < 4.78 is 5.79. The zero-order valence-electron chi connectivity index (χ0n) is 16.3. The number of carbonyl (C=O) groups excluding carboxylic acids is 2. The van der Waals surface area contributed by atoms with Gasteiger partial charge >= 0.3 is 0 Å². The van der Waals surface area contributed by atoms with Crippen molar-refractivity contribution in [2.75, 3.05) is 6.61 Å². The molecule has 3 aromatic rings. The molecular weight excluding hydrogens is 382 g/mol. The first-order chi connectivity index (χ1) is 14.1. The molecule has 0 N–H and O–H groups in total. The molecule has 29 heavy (non-hydrogen) atoms. The molecule has 0 spiro atoms. The Morgan fingerprint density at radius 1 is 1.00 bits per heavy atom. The molecule has 1 heterocycles. The zero-order chi connectivity index (χ0) is 20.4. The van der Waals surface area contributed by atoms with Gasteiger partial charge in [-0.2, -0.15) is 0 Å². The lowest BCUT2D eigenvalue weighted by molar-refractivity contribution is -0.123. The molecule has 0 radical (unpaired) electrons. The number of thioether (sulfide) groups is 1. The van der Waals surface area contributed by atoms with Crippen molar-refractivity contribution in [2.45, 2.75) is 20.4 Å². The van der Waals surface area contributed by atoms with Gasteiger partial charge in [-0.05, 0) is 54.1 Å². The van der Waals surface area contributed by atoms with Crippen molar-refractivity contribution >= 4 is 39.8 Å². The lowest BCUT2D eigenvalue weighted by atomic mass is 10.0. The predicted octanol–water partition coefficient (Wildman–Crippen LogP) is 5.78. The van der Waals surface area contributed by atoms with Crippen LogP contribution in [0.2, 0.25) is 0 Å². The first-order valence-corrected chi connectivity index (χ1v) is 10.3. The third kappa shape index (κ3) is 3.91. The number of benzene rings is 3. The number of amides is 2. The summed E-state index contributed by atoms with van der Waals surface area (Å²) in [7, 11) is 0. The van der Waals surface area contributed by atoms with E-state index < -0.39 is 0 Å². The number of imide groups is 1. The van der Waals surface area contributed by atoms with Gasteiger partial charge in [0.2, 0.25) is 0 Å². The third-order valence-corrected chi connectivity index (χ3v) is 5.75. The molecule has 2 amide bonds. The van der Waals surface area contributed by atoms with E-state index in [0.29, 0.717) is 17.3 Å². The van der Waals surface area contributed by atoms with Gasteiger partial charge in [0.25, 0.3) is 11.1 Å². The first kappa shape index (κ1) is 19.3. The van der Waals surface area contributed by atoms with Crippen LogP contribution in [-0.2, 0) is 11.3 Å². The van der Waals surface area contributed by atoms with Crippen molar-refractivity contribution in [1.29, 1.82) is 0 Å². The summed E-state index contributed by atoms with van der Waals surface area (Å²) in [6.07, 6.45) is 1.79. The topological polar surface area (TPSA) is 46.6 Å². The Kier molecular flexibility index (Phi) is 5.41. The molecule has 1 fully saturated rings. The van der Waals surface area contributed by atoms with Crippen LogP contribution in [0, 0.1) is 6.92 Å². The van der Waals surface area contributed by atoms with E-state index in [1.165, 1.54) is 4.90 Å². The number of hydrogen-bond acceptors (Lipinski definition) is 4. The molecule has 0 bridgehead atoms. The Labute approximate surface area is 174 Å². The maximum absolute atomic E-state index is 13.0. The molecule has 0 saturated carbocycles. The highest BCUT2D eigenvalue weighted by Gasteiger charge is 2.35. The molecule has 1 aliphatic heterocycles. The first-order valence-electron chi connectivity index (χ1n) is 9.52. The van der Waals surface area contributed by atoms with E-state index in [0.717, 1.165) is 39.2 Å². The van der Waals surface area contributed by atoms with Gasteiger partial charge < -0.3 is 4.74 Å². The summed E-state index contributed by atoms with van der Waals surface area (Å²) in [6.45, 7) is 4.73. The van der Waals surface area contributed by atoms with E-state index in [9.17, 15) is 9.59 Å². The van der Waals surface area contributed by atoms with Crippen molar-refractivity contribution in [2.24, 2.45) is 0 Å². The van der Waals surface area contributed by atoms with Gasteiger partial charge in [0.05, 0.1) is 18.1 Å². The van der Waals surface area contributed by atoms with Crippen LogP contribution in [0.15, 0.2) is 65.6 Å². The highest BCUT2D eigenvalue weighted by Crippen LogP contribution is 2.37. The average molecular weight is 404 g/mol. The lowest BCUT2D eigenvalue weighted by Gasteiger charge is -2.13. The molecule has 146 valence electrons. The summed E-state index contributed by atoms with van der Waals surface area (Å²) in [5.41, 5.74) is 2.90. The van der Waals surface area contributed by atoms with Crippen LogP contribution in [0.5, 0.6) is 5.75 Å². The Morgan fingerprint density at radius 3 is 2.52 bits per heavy atom. The summed E-state index contributed by atoms with van der Waals surface area (Å²) in [5.74, 6) is 0.437. The Hall–Kier alpha value is -3.05. The fraction of sp³-hybridized carbons (Fsp3) is 0.167. The monoisotopic (exact) mass is 403 g/mol. The number of hydrogen-bond donors (Lipinski definition) is 0. The number of fused-ring (bicyclic) bond motifs is 1. The Morgan fingerprint density at radius 2 is 1.76 bits per heavy atom. The highest BCUT2D eigenvalue weighted by molar-refractivity contribution is 8.18. The molecule has 1 aliphatic rings. The molecule has 5 heteroatoms. The average Bonchev–Trinajstić information content (AvgIpc) is 2.99. The highest BCUT2D eigenvalue weighted by atomic mass is 32.2. The number of nitrogens with zero attached hydrogens (tertiary/aromatic N) is 1. The SMILES string of the molecule is CCOc1ccc2ccccc2c1/C=C1\SC(=O)N(Cc2ccc(C)cc2)C1=O. The molecule has 4 nitrogen and oxygen atoms in total. The van der Waals surface area contributed by atoms with E-state index in [1.54, 1.807) is 6.08 Å². The minimum atomic E-state index is -0.268. The van der Waals surface area contributed by atoms with Gasteiger partial charge in [-0.25, -0.2) is 0 Å². The molecule has 0 aromatic heterocycles. The summed E-state index contributed by atoms with van der Waals surface area (Å²) in [5, 5.41) is 1.80. The van der Waals surface area contributed by atoms with Crippen LogP contribution in [0.1, 0.15) is 23.6 Å². The van der Waals surface area contributed by atoms with Crippen LogP contribution in [0.4, 0.5) is 4.79 Å². The van der Waals surface area contributed by atoms with Crippen molar-refractivity contribution in [3.63, 3.8) is 0 Å². The number of aryl methyl sites for hydroxylation is 1. The van der Waals surface area contributed by atoms with Gasteiger partial charge in [-0.3, -0.25) is 14.5 Å². The molecule has 4 rings (SSSR count). The third-order valence-electron chi connectivity index (χ3n) is 4.84. The summed E-state index contributed by atoms with van der Waals surface area (Å²) >= 11 is 0.977. The van der Waals surface area contributed by atoms with Crippen molar-refractivity contribution < 1.29 is 14.3 Å². The largest absolute Gasteiger partial charge is 0.493 e. The van der Waals surface area contributed by atoms with Gasteiger partial charge in [0.1, 0.15) is 5.75 Å². The molecular formula is C24H21NO3S. The van der Waals surface area contributed by atoms with E-state index >= 15 is 0 Å². The Balaban J connectivity index is 1.70. The van der Waals surface area contributed by atoms with E-state index in [1.807, 2.05) is 74.5 Å². The molecule has 1 saturated heterocycles. The Bertz CT molecular complexity index is 1120. The predicted molar refractivity (Wildman–Crippen MR) is 118 cm³/mol. The number of rotatable bonds is 5. The standard InChI is InChI=1S/C24H21NO3S/c1-3-28-21-13-12-18-6-4-5-7-19(18)20(21)14-22-23(26)25(24(27)29-22)15-17-10-8-16(2)9-11-17/h4-14H,3,15H2,1-2H3/b22-14-. The van der Waals surface area contributed by atoms with Crippen molar-refractivity contribution in [3.05, 3.63) is 82.3 Å².